The molecule has 120 valence electrons. The van der Waals surface area contributed by atoms with Gasteiger partial charge in [0.25, 0.3) is 5.91 Å². The fourth-order valence-electron chi connectivity index (χ4n) is 2.77. The first-order valence-electron chi connectivity index (χ1n) is 7.65. The van der Waals surface area contributed by atoms with Crippen molar-refractivity contribution in [2.75, 3.05) is 13.7 Å². The van der Waals surface area contributed by atoms with E-state index in [-0.39, 0.29) is 12.5 Å². The molecule has 0 bridgehead atoms. The van der Waals surface area contributed by atoms with Crippen LogP contribution < -0.4 is 5.32 Å². The number of terminal acetylenes is 1. The smallest absolute Gasteiger partial charge is 0.253 e. The van der Waals surface area contributed by atoms with Crippen molar-refractivity contribution in [2.24, 2.45) is 7.05 Å². The van der Waals surface area contributed by atoms with Crippen molar-refractivity contribution in [1.82, 2.24) is 20.1 Å². The minimum atomic E-state index is -0.461. The molecule has 2 heterocycles. The zero-order chi connectivity index (χ0) is 16.6. The maximum absolute atomic E-state index is 12.7. The summed E-state index contributed by atoms with van der Waals surface area (Å²) in [5.74, 6) is 2.76. The quantitative estimate of drug-likeness (QED) is 0.850. The Morgan fingerprint density at radius 2 is 2.35 bits per heavy atom. The summed E-state index contributed by atoms with van der Waals surface area (Å²) < 4.78 is 6.76. The number of nitrogens with one attached hydrogen (secondary N) is 1. The van der Waals surface area contributed by atoms with E-state index in [2.05, 4.69) is 16.3 Å². The van der Waals surface area contributed by atoms with E-state index in [1.165, 1.54) is 0 Å². The highest BCUT2D eigenvalue weighted by Crippen LogP contribution is 2.40. The lowest BCUT2D eigenvalue weighted by Gasteiger charge is -2.13. The van der Waals surface area contributed by atoms with Crippen LogP contribution in [0.15, 0.2) is 6.07 Å². The molecule has 0 aliphatic heterocycles. The molecule has 6 nitrogen and oxygen atoms in total. The minimum Gasteiger partial charge on any atom is -0.382 e. The SMILES string of the molecule is C#CC(COC)NC(=O)c1cc(C2CC2)nc2c1c(C)nn2C. The number of rotatable bonds is 5. The molecule has 1 amide bonds. The highest BCUT2D eigenvalue weighted by Gasteiger charge is 2.28. The Hall–Kier alpha value is -2.39. The molecule has 2 aromatic rings. The molecule has 6 heteroatoms. The number of aryl methyl sites for hydroxylation is 2. The van der Waals surface area contributed by atoms with Crippen LogP contribution >= 0.6 is 0 Å². The second-order valence-electron chi connectivity index (χ2n) is 5.92. The van der Waals surface area contributed by atoms with Crippen LogP contribution in [0.4, 0.5) is 0 Å². The number of pyridine rings is 1. The maximum Gasteiger partial charge on any atom is 0.253 e. The van der Waals surface area contributed by atoms with Gasteiger partial charge in [-0.3, -0.25) is 9.48 Å². The van der Waals surface area contributed by atoms with Gasteiger partial charge in [0, 0.05) is 25.8 Å². The average Bonchev–Trinajstić information content (AvgIpc) is 3.33. The molecule has 0 radical (unpaired) electrons. The van der Waals surface area contributed by atoms with Crippen LogP contribution in [0.25, 0.3) is 11.0 Å². The Labute approximate surface area is 135 Å². The highest BCUT2D eigenvalue weighted by molar-refractivity contribution is 6.06. The van der Waals surface area contributed by atoms with Gasteiger partial charge in [0.2, 0.25) is 0 Å². The molecule has 1 atom stereocenters. The zero-order valence-corrected chi connectivity index (χ0v) is 13.6. The number of carbonyl (C=O) groups excluding carboxylic acids is 1. The first-order chi connectivity index (χ1) is 11.0. The van der Waals surface area contributed by atoms with Gasteiger partial charge in [-0.15, -0.1) is 6.42 Å². The molecule has 23 heavy (non-hydrogen) atoms. The Morgan fingerprint density at radius 3 is 2.96 bits per heavy atom. The number of hydrogen-bond acceptors (Lipinski definition) is 4. The van der Waals surface area contributed by atoms with Crippen molar-refractivity contribution in [3.63, 3.8) is 0 Å². The fraction of sp³-hybridized carbons (Fsp3) is 0.471. The molecule has 1 aliphatic rings. The summed E-state index contributed by atoms with van der Waals surface area (Å²) in [5.41, 5.74) is 3.06. The molecule has 2 aromatic heterocycles. The summed E-state index contributed by atoms with van der Waals surface area (Å²) in [6.07, 6.45) is 7.68. The number of nitrogens with zero attached hydrogens (tertiary/aromatic N) is 3. The van der Waals surface area contributed by atoms with Crippen molar-refractivity contribution in [3.05, 3.63) is 23.0 Å². The number of amides is 1. The van der Waals surface area contributed by atoms with E-state index < -0.39 is 6.04 Å². The summed E-state index contributed by atoms with van der Waals surface area (Å²) in [4.78, 5) is 17.4. The Bertz CT molecular complexity index is 799. The van der Waals surface area contributed by atoms with Crippen molar-refractivity contribution in [2.45, 2.75) is 31.7 Å². The van der Waals surface area contributed by atoms with Gasteiger partial charge in [0.1, 0.15) is 6.04 Å². The summed E-state index contributed by atoms with van der Waals surface area (Å²) in [7, 11) is 3.40. The molecular weight excluding hydrogens is 292 g/mol. The number of methoxy groups -OCH3 is 1. The largest absolute Gasteiger partial charge is 0.382 e. The molecule has 1 fully saturated rings. The van der Waals surface area contributed by atoms with E-state index in [0.29, 0.717) is 11.5 Å². The van der Waals surface area contributed by atoms with E-state index in [9.17, 15) is 4.79 Å². The zero-order valence-electron chi connectivity index (χ0n) is 13.6. The molecule has 1 saturated carbocycles. The first-order valence-corrected chi connectivity index (χ1v) is 7.65. The molecule has 0 aromatic carbocycles. The topological polar surface area (TPSA) is 69.0 Å². The van der Waals surface area contributed by atoms with Crippen molar-refractivity contribution in [1.29, 1.82) is 0 Å². The summed E-state index contributed by atoms with van der Waals surface area (Å²) in [6, 6.07) is 1.42. The van der Waals surface area contributed by atoms with Gasteiger partial charge < -0.3 is 10.1 Å². The minimum absolute atomic E-state index is 0.213. The first kappa shape index (κ1) is 15.5. The van der Waals surface area contributed by atoms with Crippen LogP contribution in [0.2, 0.25) is 0 Å². The van der Waals surface area contributed by atoms with Gasteiger partial charge in [-0.25, -0.2) is 4.98 Å². The number of ether oxygens (including phenoxy) is 1. The molecule has 0 spiro atoms. The lowest BCUT2D eigenvalue weighted by Crippen LogP contribution is -2.37. The Morgan fingerprint density at radius 1 is 1.61 bits per heavy atom. The Kier molecular flexibility index (Phi) is 4.05. The second kappa shape index (κ2) is 6.01. The van der Waals surface area contributed by atoms with Crippen LogP contribution in [0, 0.1) is 19.3 Å². The predicted molar refractivity (Wildman–Crippen MR) is 87.2 cm³/mol. The number of hydrogen-bond donors (Lipinski definition) is 1. The predicted octanol–water partition coefficient (Wildman–Crippen LogP) is 1.53. The molecule has 1 aliphatic carbocycles. The van der Waals surface area contributed by atoms with E-state index >= 15 is 0 Å². The summed E-state index contributed by atoms with van der Waals surface area (Å²) >= 11 is 0. The lowest BCUT2D eigenvalue weighted by molar-refractivity contribution is 0.0920. The normalized spacial score (nSPS) is 15.4. The van der Waals surface area contributed by atoms with Gasteiger partial charge in [-0.2, -0.15) is 5.10 Å². The third-order valence-corrected chi connectivity index (χ3v) is 4.07. The van der Waals surface area contributed by atoms with Crippen molar-refractivity contribution < 1.29 is 9.53 Å². The van der Waals surface area contributed by atoms with E-state index in [4.69, 9.17) is 16.1 Å². The van der Waals surface area contributed by atoms with Crippen LogP contribution in [-0.2, 0) is 11.8 Å². The van der Waals surface area contributed by atoms with E-state index in [1.807, 2.05) is 20.0 Å². The molecule has 1 unspecified atom stereocenters. The number of carbonyl (C=O) groups is 1. The lowest BCUT2D eigenvalue weighted by atomic mass is 10.1. The third kappa shape index (κ3) is 2.92. The van der Waals surface area contributed by atoms with E-state index in [1.54, 1.807) is 11.8 Å². The molecule has 0 saturated heterocycles. The average molecular weight is 312 g/mol. The Balaban J connectivity index is 2.04. The highest BCUT2D eigenvalue weighted by atomic mass is 16.5. The van der Waals surface area contributed by atoms with Gasteiger partial charge in [0.05, 0.1) is 23.3 Å². The molecular formula is C17H20N4O2. The summed E-state index contributed by atoms with van der Waals surface area (Å²) in [6.45, 7) is 2.16. The van der Waals surface area contributed by atoms with Gasteiger partial charge in [-0.05, 0) is 25.8 Å². The second-order valence-corrected chi connectivity index (χ2v) is 5.92. The van der Waals surface area contributed by atoms with Crippen molar-refractivity contribution >= 4 is 16.9 Å². The molecule has 3 rings (SSSR count). The van der Waals surface area contributed by atoms with Crippen LogP contribution in [0.5, 0.6) is 0 Å². The van der Waals surface area contributed by atoms with Crippen LogP contribution in [0.1, 0.15) is 40.5 Å². The summed E-state index contributed by atoms with van der Waals surface area (Å²) in [5, 5.41) is 8.01. The standard InChI is InChI=1S/C17H20N4O2/c1-5-12(9-23-4)18-17(22)13-8-14(11-6-7-11)19-16-15(13)10(2)20-21(16)3/h1,8,11-12H,6-7,9H2,2-4H3,(H,18,22). The molecule has 1 N–H and O–H groups in total. The number of aromatic nitrogens is 3. The van der Waals surface area contributed by atoms with Gasteiger partial charge in [0.15, 0.2) is 5.65 Å². The third-order valence-electron chi connectivity index (χ3n) is 4.07. The van der Waals surface area contributed by atoms with Crippen molar-refractivity contribution in [3.8, 4) is 12.3 Å². The maximum atomic E-state index is 12.7. The van der Waals surface area contributed by atoms with Gasteiger partial charge >= 0.3 is 0 Å². The van der Waals surface area contributed by atoms with Crippen LogP contribution in [-0.4, -0.2) is 40.4 Å². The van der Waals surface area contributed by atoms with Gasteiger partial charge in [-0.1, -0.05) is 5.92 Å². The number of fused-ring (bicyclic) bond motifs is 1. The van der Waals surface area contributed by atoms with E-state index in [0.717, 1.165) is 35.3 Å². The monoisotopic (exact) mass is 312 g/mol. The fourth-order valence-corrected chi connectivity index (χ4v) is 2.77. The van der Waals surface area contributed by atoms with Crippen LogP contribution in [0.3, 0.4) is 0 Å².